The summed E-state index contributed by atoms with van der Waals surface area (Å²) in [5.74, 6) is 0. The minimum absolute atomic E-state index is 1.19. The van der Waals surface area contributed by atoms with Gasteiger partial charge in [-0.2, -0.15) is 0 Å². The molecule has 0 saturated heterocycles. The van der Waals surface area contributed by atoms with Crippen molar-refractivity contribution < 1.29 is 0 Å². The number of hydrogen-bond acceptors (Lipinski definition) is 0. The number of fused-ring (bicyclic) bond motifs is 1. The van der Waals surface area contributed by atoms with Crippen LogP contribution >= 0.6 is 0 Å². The summed E-state index contributed by atoms with van der Waals surface area (Å²) in [5.41, 5.74) is 4.96. The van der Waals surface area contributed by atoms with Crippen molar-refractivity contribution in [3.63, 3.8) is 0 Å². The van der Waals surface area contributed by atoms with Crippen LogP contribution in [0.2, 0.25) is 0 Å². The molecule has 3 aromatic carbocycles. The molecule has 0 atom stereocenters. The molecule has 4 rings (SSSR count). The molecule has 1 aromatic heterocycles. The number of benzene rings is 3. The van der Waals surface area contributed by atoms with E-state index in [0.29, 0.717) is 0 Å². The summed E-state index contributed by atoms with van der Waals surface area (Å²) < 4.78 is 2.26. The van der Waals surface area contributed by atoms with Crippen LogP contribution in [0, 0.1) is 0 Å². The van der Waals surface area contributed by atoms with Crippen molar-refractivity contribution in [3.05, 3.63) is 91.1 Å². The summed E-state index contributed by atoms with van der Waals surface area (Å²) in [5, 5.41) is 1.28. The second-order valence-electron chi connectivity index (χ2n) is 5.13. The standard InChI is InChI=1S/C20H15N/c1-3-9-16(10-4-1)19-15-21(17-11-5-2-6-12-17)20-14-8-7-13-18(19)20/h1-15H. The van der Waals surface area contributed by atoms with Gasteiger partial charge in [-0.05, 0) is 23.8 Å². The zero-order chi connectivity index (χ0) is 14.1. The van der Waals surface area contributed by atoms with Gasteiger partial charge in [0.1, 0.15) is 0 Å². The highest BCUT2D eigenvalue weighted by Crippen LogP contribution is 2.32. The zero-order valence-corrected chi connectivity index (χ0v) is 11.6. The van der Waals surface area contributed by atoms with Gasteiger partial charge in [-0.3, -0.25) is 0 Å². The van der Waals surface area contributed by atoms with Crippen LogP contribution in [0.4, 0.5) is 0 Å². The molecule has 0 bridgehead atoms. The maximum atomic E-state index is 2.26. The molecule has 1 nitrogen and oxygen atoms in total. The van der Waals surface area contributed by atoms with Gasteiger partial charge >= 0.3 is 0 Å². The Morgan fingerprint density at radius 1 is 0.571 bits per heavy atom. The fourth-order valence-corrected chi connectivity index (χ4v) is 2.83. The minimum Gasteiger partial charge on any atom is -0.316 e. The first-order valence-corrected chi connectivity index (χ1v) is 7.14. The lowest BCUT2D eigenvalue weighted by Gasteiger charge is -2.04. The summed E-state index contributed by atoms with van der Waals surface area (Å²) >= 11 is 0. The second-order valence-corrected chi connectivity index (χ2v) is 5.13. The number of aromatic nitrogens is 1. The van der Waals surface area contributed by atoms with Gasteiger partial charge in [-0.15, -0.1) is 0 Å². The summed E-state index contributed by atoms with van der Waals surface area (Å²) in [4.78, 5) is 0. The van der Waals surface area contributed by atoms with Gasteiger partial charge in [0, 0.05) is 22.8 Å². The highest BCUT2D eigenvalue weighted by molar-refractivity contribution is 5.97. The number of para-hydroxylation sites is 2. The van der Waals surface area contributed by atoms with Gasteiger partial charge in [0.05, 0.1) is 5.52 Å². The molecule has 0 aliphatic carbocycles. The van der Waals surface area contributed by atoms with E-state index in [9.17, 15) is 0 Å². The molecular formula is C20H15N. The predicted molar refractivity (Wildman–Crippen MR) is 88.7 cm³/mol. The van der Waals surface area contributed by atoms with Crippen molar-refractivity contribution >= 4 is 10.9 Å². The molecule has 0 spiro atoms. The maximum absolute atomic E-state index is 2.26. The Bertz CT molecular complexity index is 800. The van der Waals surface area contributed by atoms with Crippen molar-refractivity contribution in [2.24, 2.45) is 0 Å². The van der Waals surface area contributed by atoms with Gasteiger partial charge in [-0.25, -0.2) is 0 Å². The van der Waals surface area contributed by atoms with Crippen LogP contribution in [0.5, 0.6) is 0 Å². The molecule has 0 N–H and O–H groups in total. The summed E-state index contributed by atoms with van der Waals surface area (Å²) in [6.45, 7) is 0. The lowest BCUT2D eigenvalue weighted by molar-refractivity contribution is 1.13. The Hall–Kier alpha value is -2.80. The Kier molecular flexibility index (Phi) is 2.82. The zero-order valence-electron chi connectivity index (χ0n) is 11.6. The largest absolute Gasteiger partial charge is 0.316 e. The summed E-state index contributed by atoms with van der Waals surface area (Å²) in [7, 11) is 0. The van der Waals surface area contributed by atoms with E-state index < -0.39 is 0 Å². The molecule has 1 heterocycles. The molecular weight excluding hydrogens is 254 g/mol. The van der Waals surface area contributed by atoms with Gasteiger partial charge in [0.15, 0.2) is 0 Å². The fraction of sp³-hybridized carbons (Fsp3) is 0. The van der Waals surface area contributed by atoms with Crippen LogP contribution in [-0.4, -0.2) is 4.57 Å². The predicted octanol–water partition coefficient (Wildman–Crippen LogP) is 5.30. The average molecular weight is 269 g/mol. The summed E-state index contributed by atoms with van der Waals surface area (Å²) in [6, 6.07) is 29.6. The van der Waals surface area contributed by atoms with E-state index in [1.54, 1.807) is 0 Å². The van der Waals surface area contributed by atoms with Crippen LogP contribution in [-0.2, 0) is 0 Å². The van der Waals surface area contributed by atoms with E-state index in [1.165, 1.54) is 27.7 Å². The monoisotopic (exact) mass is 269 g/mol. The third-order valence-corrected chi connectivity index (χ3v) is 3.83. The molecule has 0 aliphatic rings. The second kappa shape index (κ2) is 4.95. The summed E-state index contributed by atoms with van der Waals surface area (Å²) in [6.07, 6.45) is 2.23. The van der Waals surface area contributed by atoms with Crippen LogP contribution in [0.15, 0.2) is 91.1 Å². The normalized spacial score (nSPS) is 10.9. The molecule has 0 unspecified atom stereocenters. The molecule has 0 aliphatic heterocycles. The number of rotatable bonds is 2. The first-order chi connectivity index (χ1) is 10.4. The van der Waals surface area contributed by atoms with Crippen molar-refractivity contribution in [1.82, 2.24) is 4.57 Å². The Morgan fingerprint density at radius 3 is 1.95 bits per heavy atom. The van der Waals surface area contributed by atoms with Crippen molar-refractivity contribution in [3.8, 4) is 16.8 Å². The van der Waals surface area contributed by atoms with Crippen molar-refractivity contribution in [1.29, 1.82) is 0 Å². The van der Waals surface area contributed by atoms with Crippen LogP contribution in [0.25, 0.3) is 27.7 Å². The average Bonchev–Trinajstić information content (AvgIpc) is 2.96. The first kappa shape index (κ1) is 12.0. The van der Waals surface area contributed by atoms with Gasteiger partial charge in [0.2, 0.25) is 0 Å². The first-order valence-electron chi connectivity index (χ1n) is 7.14. The molecule has 100 valence electrons. The molecule has 0 saturated carbocycles. The van der Waals surface area contributed by atoms with Crippen molar-refractivity contribution in [2.75, 3.05) is 0 Å². The van der Waals surface area contributed by atoms with Crippen molar-refractivity contribution in [2.45, 2.75) is 0 Å². The molecule has 0 fully saturated rings. The highest BCUT2D eigenvalue weighted by atomic mass is 15.0. The van der Waals surface area contributed by atoms with Gasteiger partial charge in [-0.1, -0.05) is 66.7 Å². The smallest absolute Gasteiger partial charge is 0.0534 e. The third kappa shape index (κ3) is 2.03. The van der Waals surface area contributed by atoms with E-state index in [0.717, 1.165) is 0 Å². The molecule has 0 amide bonds. The van der Waals surface area contributed by atoms with Crippen LogP contribution in [0.1, 0.15) is 0 Å². The molecule has 1 heteroatoms. The molecule has 4 aromatic rings. The SMILES string of the molecule is c1ccc(-c2cn(-c3ccccc3)c3ccccc23)cc1. The topological polar surface area (TPSA) is 4.93 Å². The Balaban J connectivity index is 2.02. The molecule has 0 radical (unpaired) electrons. The van der Waals surface area contributed by atoms with Crippen LogP contribution < -0.4 is 0 Å². The van der Waals surface area contributed by atoms with Gasteiger partial charge < -0.3 is 4.57 Å². The third-order valence-electron chi connectivity index (χ3n) is 3.83. The maximum Gasteiger partial charge on any atom is 0.0534 e. The van der Waals surface area contributed by atoms with Crippen LogP contribution in [0.3, 0.4) is 0 Å². The lowest BCUT2D eigenvalue weighted by atomic mass is 10.1. The van der Waals surface area contributed by atoms with E-state index in [4.69, 9.17) is 0 Å². The number of nitrogens with zero attached hydrogens (tertiary/aromatic N) is 1. The van der Waals surface area contributed by atoms with E-state index in [-0.39, 0.29) is 0 Å². The molecule has 21 heavy (non-hydrogen) atoms. The minimum atomic E-state index is 1.19. The lowest BCUT2D eigenvalue weighted by Crippen LogP contribution is -1.90. The number of hydrogen-bond donors (Lipinski definition) is 0. The van der Waals surface area contributed by atoms with E-state index in [2.05, 4.69) is 89.6 Å². The highest BCUT2D eigenvalue weighted by Gasteiger charge is 2.10. The van der Waals surface area contributed by atoms with E-state index in [1.807, 2.05) is 6.07 Å². The quantitative estimate of drug-likeness (QED) is 0.465. The Labute approximate surface area is 124 Å². The van der Waals surface area contributed by atoms with Gasteiger partial charge in [0.25, 0.3) is 0 Å². The van der Waals surface area contributed by atoms with E-state index >= 15 is 0 Å². The fourth-order valence-electron chi connectivity index (χ4n) is 2.83. The Morgan fingerprint density at radius 2 is 1.19 bits per heavy atom.